The maximum Gasteiger partial charge on any atom is 0.335 e. The number of benzene rings is 1. The summed E-state index contributed by atoms with van der Waals surface area (Å²) in [5, 5.41) is 19.0. The van der Waals surface area contributed by atoms with Crippen molar-refractivity contribution in [2.45, 2.75) is 64.0 Å². The molecule has 2 N–H and O–H groups in total. The van der Waals surface area contributed by atoms with Gasteiger partial charge in [-0.2, -0.15) is 0 Å². The minimum Gasteiger partial charge on any atom is -0.478 e. The molecule has 5 heteroatoms. The second-order valence-electron chi connectivity index (χ2n) is 6.89. The van der Waals surface area contributed by atoms with E-state index in [4.69, 9.17) is 5.11 Å². The third-order valence-electron chi connectivity index (χ3n) is 4.88. The SMILES string of the molecule is CCCCC[C@@H](O)/C=C/[C@H]1CCC(=O)N1CCc1ccc(C(=O)O)cc1. The molecular formula is C21H29NO4. The highest BCUT2D eigenvalue weighted by atomic mass is 16.4. The first kappa shape index (κ1) is 20.2. The summed E-state index contributed by atoms with van der Waals surface area (Å²) >= 11 is 0. The van der Waals surface area contributed by atoms with Crippen molar-refractivity contribution in [3.05, 3.63) is 47.5 Å². The second-order valence-corrected chi connectivity index (χ2v) is 6.89. The van der Waals surface area contributed by atoms with Crippen molar-refractivity contribution >= 4 is 11.9 Å². The third kappa shape index (κ3) is 5.99. The van der Waals surface area contributed by atoms with Crippen LogP contribution in [0.15, 0.2) is 36.4 Å². The molecule has 0 bridgehead atoms. The van der Waals surface area contributed by atoms with E-state index in [0.717, 1.165) is 37.7 Å². The Labute approximate surface area is 155 Å². The van der Waals surface area contributed by atoms with Gasteiger partial charge in [0.25, 0.3) is 0 Å². The Morgan fingerprint density at radius 3 is 2.69 bits per heavy atom. The molecule has 0 aromatic heterocycles. The lowest BCUT2D eigenvalue weighted by atomic mass is 10.1. The van der Waals surface area contributed by atoms with Crippen LogP contribution in [-0.2, 0) is 11.2 Å². The maximum atomic E-state index is 12.2. The second kappa shape index (κ2) is 10.1. The molecule has 0 spiro atoms. The first-order valence-electron chi connectivity index (χ1n) is 9.49. The van der Waals surface area contributed by atoms with Crippen LogP contribution in [0, 0.1) is 0 Å². The molecule has 0 saturated carbocycles. The minimum atomic E-state index is -0.936. The van der Waals surface area contributed by atoms with Crippen LogP contribution in [0.1, 0.15) is 61.4 Å². The molecule has 2 atom stereocenters. The summed E-state index contributed by atoms with van der Waals surface area (Å²) in [4.78, 5) is 24.9. The number of carbonyl (C=O) groups is 2. The number of rotatable bonds is 10. The number of aliphatic hydroxyl groups excluding tert-OH is 1. The van der Waals surface area contributed by atoms with Crippen molar-refractivity contribution in [2.24, 2.45) is 0 Å². The first-order chi connectivity index (χ1) is 12.5. The van der Waals surface area contributed by atoms with Crippen molar-refractivity contribution in [3.63, 3.8) is 0 Å². The quantitative estimate of drug-likeness (QED) is 0.496. The number of nitrogens with zero attached hydrogens (tertiary/aromatic N) is 1. The highest BCUT2D eigenvalue weighted by Gasteiger charge is 2.28. The molecule has 1 amide bonds. The van der Waals surface area contributed by atoms with Gasteiger partial charge in [0.05, 0.1) is 17.7 Å². The minimum absolute atomic E-state index is 0.0432. The van der Waals surface area contributed by atoms with Gasteiger partial charge in [-0.3, -0.25) is 4.79 Å². The van der Waals surface area contributed by atoms with E-state index in [9.17, 15) is 14.7 Å². The lowest BCUT2D eigenvalue weighted by Crippen LogP contribution is -2.33. The van der Waals surface area contributed by atoms with Crippen molar-refractivity contribution in [2.75, 3.05) is 6.54 Å². The van der Waals surface area contributed by atoms with Gasteiger partial charge in [-0.15, -0.1) is 0 Å². The van der Waals surface area contributed by atoms with Gasteiger partial charge in [0.2, 0.25) is 5.91 Å². The zero-order valence-electron chi connectivity index (χ0n) is 15.4. The highest BCUT2D eigenvalue weighted by molar-refractivity contribution is 5.87. The van der Waals surface area contributed by atoms with E-state index >= 15 is 0 Å². The molecule has 5 nitrogen and oxygen atoms in total. The standard InChI is InChI=1S/C21H29NO4/c1-2-3-4-5-19(23)12-10-18-11-13-20(24)22(18)15-14-16-6-8-17(9-7-16)21(25)26/h6-10,12,18-19,23H,2-5,11,13-15H2,1H3,(H,25,26)/b12-10+/t18-,19+/m0/s1. The monoisotopic (exact) mass is 359 g/mol. The fourth-order valence-electron chi connectivity index (χ4n) is 3.27. The lowest BCUT2D eigenvalue weighted by molar-refractivity contribution is -0.128. The number of aliphatic hydroxyl groups is 1. The number of hydrogen-bond acceptors (Lipinski definition) is 3. The zero-order chi connectivity index (χ0) is 18.9. The smallest absolute Gasteiger partial charge is 0.335 e. The fourth-order valence-corrected chi connectivity index (χ4v) is 3.27. The normalized spacial score (nSPS) is 18.6. The number of hydrogen-bond donors (Lipinski definition) is 2. The van der Waals surface area contributed by atoms with Crippen LogP contribution in [0.3, 0.4) is 0 Å². The number of likely N-dealkylation sites (tertiary alicyclic amines) is 1. The van der Waals surface area contributed by atoms with Crippen LogP contribution >= 0.6 is 0 Å². The summed E-state index contributed by atoms with van der Waals surface area (Å²) in [5.41, 5.74) is 1.28. The van der Waals surface area contributed by atoms with Gasteiger partial charge in [-0.25, -0.2) is 4.79 Å². The summed E-state index contributed by atoms with van der Waals surface area (Å²) < 4.78 is 0. The van der Waals surface area contributed by atoms with Crippen molar-refractivity contribution in [1.29, 1.82) is 0 Å². The van der Waals surface area contributed by atoms with Gasteiger partial charge in [-0.1, -0.05) is 50.5 Å². The topological polar surface area (TPSA) is 77.8 Å². The Morgan fingerprint density at radius 1 is 1.31 bits per heavy atom. The molecule has 1 fully saturated rings. The molecule has 142 valence electrons. The number of carboxylic acid groups (broad SMARTS) is 1. The van der Waals surface area contributed by atoms with Crippen LogP contribution in [0.5, 0.6) is 0 Å². The number of unbranched alkanes of at least 4 members (excludes halogenated alkanes) is 2. The molecule has 26 heavy (non-hydrogen) atoms. The van der Waals surface area contributed by atoms with Crippen LogP contribution in [0.25, 0.3) is 0 Å². The Balaban J connectivity index is 1.87. The van der Waals surface area contributed by atoms with Crippen LogP contribution in [0.2, 0.25) is 0 Å². The van der Waals surface area contributed by atoms with E-state index in [1.165, 1.54) is 0 Å². The van der Waals surface area contributed by atoms with Gasteiger partial charge in [0.15, 0.2) is 0 Å². The highest BCUT2D eigenvalue weighted by Crippen LogP contribution is 2.21. The number of aromatic carboxylic acids is 1. The van der Waals surface area contributed by atoms with E-state index in [1.54, 1.807) is 24.3 Å². The summed E-state index contributed by atoms with van der Waals surface area (Å²) in [6, 6.07) is 6.82. The predicted molar refractivity (Wildman–Crippen MR) is 101 cm³/mol. The average molecular weight is 359 g/mol. The number of amides is 1. The Morgan fingerprint density at radius 2 is 2.04 bits per heavy atom. The van der Waals surface area contributed by atoms with E-state index in [0.29, 0.717) is 19.4 Å². The molecule has 0 aliphatic carbocycles. The maximum absolute atomic E-state index is 12.2. The van der Waals surface area contributed by atoms with E-state index in [1.807, 2.05) is 17.1 Å². The summed E-state index contributed by atoms with van der Waals surface area (Å²) in [5.74, 6) is -0.795. The van der Waals surface area contributed by atoms with Gasteiger partial charge >= 0.3 is 5.97 Å². The van der Waals surface area contributed by atoms with Gasteiger partial charge < -0.3 is 15.1 Å². The number of carbonyl (C=O) groups excluding carboxylic acids is 1. The zero-order valence-corrected chi connectivity index (χ0v) is 15.4. The molecule has 0 radical (unpaired) electrons. The lowest BCUT2D eigenvalue weighted by Gasteiger charge is -2.22. The summed E-state index contributed by atoms with van der Waals surface area (Å²) in [7, 11) is 0. The van der Waals surface area contributed by atoms with Crippen LogP contribution in [0.4, 0.5) is 0 Å². The van der Waals surface area contributed by atoms with Crippen molar-refractivity contribution in [1.82, 2.24) is 4.90 Å². The number of carboxylic acids is 1. The molecular weight excluding hydrogens is 330 g/mol. The molecule has 1 aromatic rings. The summed E-state index contributed by atoms with van der Waals surface area (Å²) in [6.45, 7) is 2.74. The third-order valence-corrected chi connectivity index (χ3v) is 4.88. The van der Waals surface area contributed by atoms with Crippen molar-refractivity contribution < 1.29 is 19.8 Å². The average Bonchev–Trinajstić information content (AvgIpc) is 2.98. The Hall–Kier alpha value is -2.14. The molecule has 1 heterocycles. The van der Waals surface area contributed by atoms with E-state index in [2.05, 4.69) is 6.92 Å². The van der Waals surface area contributed by atoms with Gasteiger partial charge in [-0.05, 0) is 37.0 Å². The van der Waals surface area contributed by atoms with E-state index < -0.39 is 12.1 Å². The van der Waals surface area contributed by atoms with Crippen LogP contribution < -0.4 is 0 Å². The fraction of sp³-hybridized carbons (Fsp3) is 0.524. The molecule has 0 unspecified atom stereocenters. The summed E-state index contributed by atoms with van der Waals surface area (Å²) in [6.07, 6.45) is 9.41. The van der Waals surface area contributed by atoms with Crippen LogP contribution in [-0.4, -0.2) is 45.7 Å². The molecule has 1 saturated heterocycles. The predicted octanol–water partition coefficient (Wildman–Crippen LogP) is 3.42. The molecule has 1 aliphatic rings. The van der Waals surface area contributed by atoms with Crippen molar-refractivity contribution in [3.8, 4) is 0 Å². The Kier molecular flexibility index (Phi) is 7.85. The van der Waals surface area contributed by atoms with Gasteiger partial charge in [0.1, 0.15) is 0 Å². The largest absolute Gasteiger partial charge is 0.478 e. The molecule has 1 aromatic carbocycles. The molecule has 1 aliphatic heterocycles. The first-order valence-corrected chi connectivity index (χ1v) is 9.49. The molecule has 2 rings (SSSR count). The van der Waals surface area contributed by atoms with E-state index in [-0.39, 0.29) is 17.5 Å². The Bertz CT molecular complexity index is 623. The van der Waals surface area contributed by atoms with Gasteiger partial charge in [0, 0.05) is 13.0 Å².